The number of thioether (sulfide) groups is 4. The fraction of sp³-hybridized carbons (Fsp3) is 0.0938. The van der Waals surface area contributed by atoms with Crippen LogP contribution in [0, 0.1) is 10.1 Å². The van der Waals surface area contributed by atoms with E-state index in [1.54, 1.807) is 64.3 Å². The van der Waals surface area contributed by atoms with Gasteiger partial charge in [-0.1, -0.05) is 162 Å². The van der Waals surface area contributed by atoms with Crippen LogP contribution in [0.5, 0.6) is 0 Å². The summed E-state index contributed by atoms with van der Waals surface area (Å²) in [4.78, 5) is 70.6. The molecule has 4 N–H and O–H groups in total. The molecule has 0 saturated heterocycles. The molecule has 33 heteroatoms. The van der Waals surface area contributed by atoms with Crippen molar-refractivity contribution in [1.29, 1.82) is 0 Å². The van der Waals surface area contributed by atoms with E-state index in [0.717, 1.165) is 59.7 Å². The normalized spacial score (nSPS) is 11.5. The van der Waals surface area contributed by atoms with Gasteiger partial charge in [0, 0.05) is 71.9 Å². The van der Waals surface area contributed by atoms with Crippen molar-refractivity contribution in [3.63, 3.8) is 0 Å². The molecule has 494 valence electrons. The van der Waals surface area contributed by atoms with Gasteiger partial charge in [0.25, 0.3) is 15.7 Å². The van der Waals surface area contributed by atoms with Crippen LogP contribution in [0.2, 0.25) is 0 Å². The third-order valence-corrected chi connectivity index (χ3v) is 24.2. The highest BCUT2D eigenvalue weighted by atomic mass is 79.9. The summed E-state index contributed by atoms with van der Waals surface area (Å²) < 4.78 is 37.9. The number of fused-ring (bicyclic) bond motifs is 4. The van der Waals surface area contributed by atoms with E-state index in [0.29, 0.717) is 52.9 Å². The van der Waals surface area contributed by atoms with Gasteiger partial charge in [-0.05, 0) is 126 Å². The number of sulfonamides is 1. The molecule has 0 aliphatic heterocycles. The first-order valence-electron chi connectivity index (χ1n) is 28.1. The van der Waals surface area contributed by atoms with Crippen LogP contribution < -0.4 is 20.7 Å². The zero-order valence-corrected chi connectivity index (χ0v) is 62.9. The zero-order valence-electron chi connectivity index (χ0n) is 50.1. The third kappa shape index (κ3) is 20.7. The number of halogens is 5. The van der Waals surface area contributed by atoms with Crippen LogP contribution in [0.1, 0.15) is 12.0 Å². The standard InChI is InChI=1S/C25H18Cl2N4O4S4.C20H14Br2N4O2S.C19H16BrN5OS3/c1-3-18(27)17(13(2)26)10-16(32)11-36-24-29-19-6-4-14(8-21(19)38-24)28-23(33)12-37-25-30-20-7-5-15(31(34)35)9-22(20)39-25;21-13-5-9-15(10-6-13)23-19-20(25-18-4-2-1-3-17(18)24-19)26-29(27,28)16-11-7-14(22)8-12-16;1-25-11-21-24-18(25)27-10-17(26)22-14-6-7-15-16(8-14)29-19(23-15)28-9-12-2-4-13(20)5-3-12/h3-9H,1-2,10-12H2,(H,28,33);1-12H,(H,23,24)(H,25,26);2-8,11H,9-10H2,1H3,(H,22,26)/b18-17+;;. The second-order valence-electron chi connectivity index (χ2n) is 20.1. The van der Waals surface area contributed by atoms with Crippen molar-refractivity contribution >= 4 is 256 Å². The lowest BCUT2D eigenvalue weighted by Gasteiger charge is -2.14. The molecule has 0 fully saturated rings. The minimum atomic E-state index is -3.84. The first-order chi connectivity index (χ1) is 46.6. The summed E-state index contributed by atoms with van der Waals surface area (Å²) in [6.45, 7) is 7.24. The summed E-state index contributed by atoms with van der Waals surface area (Å²) in [6, 6.07) is 45.1. The Morgan fingerprint density at radius 2 is 1.12 bits per heavy atom. The maximum Gasteiger partial charge on any atom is 0.270 e. The van der Waals surface area contributed by atoms with Crippen molar-refractivity contribution in [2.45, 2.75) is 35.2 Å². The Labute approximate surface area is 619 Å². The average Bonchev–Trinajstić information content (AvgIpc) is 1.58. The summed E-state index contributed by atoms with van der Waals surface area (Å²) in [6.07, 6.45) is 3.09. The van der Waals surface area contributed by atoms with E-state index in [1.165, 1.54) is 93.9 Å². The highest BCUT2D eigenvalue weighted by Gasteiger charge is 2.21. The minimum absolute atomic E-state index is 0.00406. The molecule has 0 aliphatic rings. The van der Waals surface area contributed by atoms with Gasteiger partial charge in [-0.3, -0.25) is 29.2 Å². The Kier molecular flexibility index (Phi) is 25.5. The van der Waals surface area contributed by atoms with Gasteiger partial charge < -0.3 is 20.5 Å². The Morgan fingerprint density at radius 3 is 1.66 bits per heavy atom. The van der Waals surface area contributed by atoms with Crippen molar-refractivity contribution < 1.29 is 27.7 Å². The Hall–Kier alpha value is -7.11. The van der Waals surface area contributed by atoms with Gasteiger partial charge in [0.15, 0.2) is 29.8 Å². The van der Waals surface area contributed by atoms with Crippen LogP contribution in [0.3, 0.4) is 0 Å². The second-order valence-corrected chi connectivity index (χ2v) is 33.1. The van der Waals surface area contributed by atoms with Crippen LogP contribution in [0.15, 0.2) is 229 Å². The van der Waals surface area contributed by atoms with Crippen LogP contribution in [-0.4, -0.2) is 87.9 Å². The predicted octanol–water partition coefficient (Wildman–Crippen LogP) is 18.9. The van der Waals surface area contributed by atoms with E-state index in [9.17, 15) is 32.9 Å². The van der Waals surface area contributed by atoms with Crippen LogP contribution >= 0.6 is 152 Å². The molecule has 0 radical (unpaired) electrons. The third-order valence-electron chi connectivity index (χ3n) is 13.0. The Bertz CT molecular complexity index is 5080. The monoisotopic (exact) mass is 1670 g/mol. The fourth-order valence-corrected chi connectivity index (χ4v) is 17.2. The number of nitrogens with one attached hydrogen (secondary N) is 4. The van der Waals surface area contributed by atoms with E-state index in [4.69, 9.17) is 23.2 Å². The molecule has 5 heterocycles. The van der Waals surface area contributed by atoms with Gasteiger partial charge in [0.1, 0.15) is 12.1 Å². The number of non-ortho nitro benzene ring substituents is 1. The number of carbonyl (C=O) groups excluding carboxylic acids is 3. The number of carbonyl (C=O) groups is 3. The molecule has 0 bridgehead atoms. The maximum atomic E-state index is 12.9. The molecule has 5 aromatic heterocycles. The number of rotatable bonds is 24. The van der Waals surface area contributed by atoms with Crippen molar-refractivity contribution in [3.8, 4) is 0 Å². The zero-order chi connectivity index (χ0) is 68.8. The highest BCUT2D eigenvalue weighted by Crippen LogP contribution is 2.37. The molecule has 0 spiro atoms. The van der Waals surface area contributed by atoms with Gasteiger partial charge in [0.2, 0.25) is 11.8 Å². The number of aromatic nitrogens is 8. The number of ketones is 1. The number of anilines is 5. The Morgan fingerprint density at radius 1 is 0.629 bits per heavy atom. The van der Waals surface area contributed by atoms with Crippen molar-refractivity contribution in [2.75, 3.05) is 37.9 Å². The van der Waals surface area contributed by atoms with Gasteiger partial charge in [-0.25, -0.2) is 33.3 Å². The largest absolute Gasteiger partial charge is 0.337 e. The van der Waals surface area contributed by atoms with Gasteiger partial charge in [-0.2, -0.15) is 0 Å². The molecule has 2 amide bonds. The fourth-order valence-electron chi connectivity index (χ4n) is 8.39. The van der Waals surface area contributed by atoms with Gasteiger partial charge in [-0.15, -0.1) is 44.2 Å². The quantitative estimate of drug-likeness (QED) is 0.0189. The van der Waals surface area contributed by atoms with Crippen molar-refractivity contribution in [1.82, 2.24) is 39.7 Å². The molecular weight excluding hydrogens is 1630 g/mol. The number of hydrogen-bond donors (Lipinski definition) is 4. The van der Waals surface area contributed by atoms with E-state index >= 15 is 0 Å². The van der Waals surface area contributed by atoms with Crippen molar-refractivity contribution in [3.05, 3.63) is 222 Å². The molecule has 0 aliphatic carbocycles. The molecule has 20 nitrogen and oxygen atoms in total. The van der Waals surface area contributed by atoms with Crippen LogP contribution in [0.4, 0.5) is 34.4 Å². The number of Topliss-reactive ketones (excluding diaryl/α,β-unsaturated/α-hetero) is 1. The molecule has 97 heavy (non-hydrogen) atoms. The number of benzene rings is 7. The second kappa shape index (κ2) is 34.1. The lowest BCUT2D eigenvalue weighted by atomic mass is 10.1. The van der Waals surface area contributed by atoms with Gasteiger partial charge in [0.05, 0.1) is 68.8 Å². The average molecular weight is 1680 g/mol. The lowest BCUT2D eigenvalue weighted by Crippen LogP contribution is -2.16. The summed E-state index contributed by atoms with van der Waals surface area (Å²) in [7, 11) is -1.99. The number of nitro groups is 1. The molecule has 0 saturated carbocycles. The number of nitrogens with zero attached hydrogens (tertiary/aromatic N) is 9. The molecule has 0 unspecified atom stereocenters. The van der Waals surface area contributed by atoms with Crippen molar-refractivity contribution in [2.24, 2.45) is 7.05 Å². The van der Waals surface area contributed by atoms with Gasteiger partial charge >= 0.3 is 0 Å². The summed E-state index contributed by atoms with van der Waals surface area (Å²) in [5.41, 5.74) is 7.46. The van der Waals surface area contributed by atoms with E-state index in [2.05, 4.69) is 129 Å². The molecular formula is C64H48Br3Cl2N13O7S8. The van der Waals surface area contributed by atoms with E-state index in [-0.39, 0.29) is 62.7 Å². The molecule has 7 aromatic carbocycles. The minimum Gasteiger partial charge on any atom is -0.337 e. The number of allylic oxidation sites excluding steroid dienone is 4. The number of aryl methyl sites for hydroxylation is 1. The lowest BCUT2D eigenvalue weighted by molar-refractivity contribution is -0.384. The maximum absolute atomic E-state index is 12.9. The topological polar surface area (TPSA) is 272 Å². The number of para-hydroxylation sites is 2. The summed E-state index contributed by atoms with van der Waals surface area (Å²) >= 11 is 32.2. The predicted molar refractivity (Wildman–Crippen MR) is 409 cm³/mol. The number of hydrogen-bond acceptors (Lipinski definition) is 22. The van der Waals surface area contributed by atoms with E-state index in [1.807, 2.05) is 92.0 Å². The Balaban J connectivity index is 0.000000160. The highest BCUT2D eigenvalue weighted by molar-refractivity contribution is 9.11. The first-order valence-corrected chi connectivity index (χ1v) is 39.1. The van der Waals surface area contributed by atoms with Crippen LogP contribution in [0.25, 0.3) is 41.7 Å². The summed E-state index contributed by atoms with van der Waals surface area (Å²) in [5.74, 6) is 1.54. The number of thiazole rings is 3. The van der Waals surface area contributed by atoms with Crippen LogP contribution in [-0.2, 0) is 37.2 Å². The molecule has 12 rings (SSSR count). The SMILES string of the molecule is C=C/C(Cl)=C(/CC(=O)CSc1nc2ccc(NC(=O)CSc3nc4ccc([N+](=O)[O-])cc4s3)cc2s1)C(=C)Cl.Cn1cnnc1SCC(=O)Nc1ccc2nc(SCc3ccc(Br)cc3)sc2c1.O=S(=O)(Nc1nc2ccccc2nc1Nc1ccc(Br)cc1)c1ccc(Br)cc1. The number of nitro benzene ring substituents is 1. The molecule has 12 aromatic rings. The summed E-state index contributed by atoms with van der Waals surface area (Å²) in [5, 5.41) is 28.9. The van der Waals surface area contributed by atoms with E-state index < -0.39 is 14.9 Å². The smallest absolute Gasteiger partial charge is 0.270 e. The molecule has 0 atom stereocenters. The first kappa shape index (κ1) is 72.6. The number of amides is 2.